The minimum Gasteiger partial charge on any atom is -0.324 e. The SMILES string of the molecule is CCC(C(=O)Nc1ccc(SC)nc1)c1ccccc1. The molecule has 0 saturated heterocycles. The van der Waals surface area contributed by atoms with Crippen LogP contribution in [0.3, 0.4) is 0 Å². The number of carbonyl (C=O) groups is 1. The lowest BCUT2D eigenvalue weighted by Crippen LogP contribution is -2.20. The molecule has 0 radical (unpaired) electrons. The molecule has 3 nitrogen and oxygen atoms in total. The van der Waals surface area contributed by atoms with Gasteiger partial charge in [-0.1, -0.05) is 37.3 Å². The highest BCUT2D eigenvalue weighted by molar-refractivity contribution is 7.98. The Balaban J connectivity index is 2.09. The number of thioether (sulfide) groups is 1. The van der Waals surface area contributed by atoms with Crippen LogP contribution < -0.4 is 5.32 Å². The van der Waals surface area contributed by atoms with E-state index in [2.05, 4.69) is 10.3 Å². The Morgan fingerprint density at radius 2 is 2.00 bits per heavy atom. The fraction of sp³-hybridized carbons (Fsp3) is 0.250. The van der Waals surface area contributed by atoms with Crippen LogP contribution in [0, 0.1) is 0 Å². The third-order valence-electron chi connectivity index (χ3n) is 3.14. The molecule has 2 rings (SSSR count). The molecule has 0 aliphatic heterocycles. The van der Waals surface area contributed by atoms with Crippen molar-refractivity contribution in [2.45, 2.75) is 24.3 Å². The summed E-state index contributed by atoms with van der Waals surface area (Å²) >= 11 is 1.58. The molecule has 0 bridgehead atoms. The van der Waals surface area contributed by atoms with Gasteiger partial charge in [0, 0.05) is 0 Å². The molecule has 0 saturated carbocycles. The van der Waals surface area contributed by atoms with E-state index in [-0.39, 0.29) is 11.8 Å². The van der Waals surface area contributed by atoms with Gasteiger partial charge in [0.2, 0.25) is 5.91 Å². The molecule has 0 fully saturated rings. The first kappa shape index (κ1) is 14.6. The normalized spacial score (nSPS) is 11.9. The molecule has 1 amide bonds. The fourth-order valence-corrected chi connectivity index (χ4v) is 2.42. The molecule has 4 heteroatoms. The number of rotatable bonds is 5. The molecule has 0 aliphatic carbocycles. The maximum absolute atomic E-state index is 12.4. The molecule has 0 aliphatic rings. The number of nitrogens with one attached hydrogen (secondary N) is 1. The molecule has 1 N–H and O–H groups in total. The number of amides is 1. The van der Waals surface area contributed by atoms with Crippen LogP contribution in [0.2, 0.25) is 0 Å². The van der Waals surface area contributed by atoms with Gasteiger partial charge in [0.15, 0.2) is 0 Å². The molecule has 1 aromatic heterocycles. The zero-order valence-corrected chi connectivity index (χ0v) is 12.5. The monoisotopic (exact) mass is 286 g/mol. The van der Waals surface area contributed by atoms with Crippen molar-refractivity contribution >= 4 is 23.4 Å². The molecule has 1 atom stereocenters. The van der Waals surface area contributed by atoms with E-state index in [4.69, 9.17) is 0 Å². The Kier molecular flexibility index (Phi) is 5.18. The van der Waals surface area contributed by atoms with Crippen LogP contribution in [-0.2, 0) is 4.79 Å². The number of hydrogen-bond donors (Lipinski definition) is 1. The maximum atomic E-state index is 12.4. The van der Waals surface area contributed by atoms with Crippen LogP contribution in [-0.4, -0.2) is 17.1 Å². The zero-order chi connectivity index (χ0) is 14.4. The second kappa shape index (κ2) is 7.10. The summed E-state index contributed by atoms with van der Waals surface area (Å²) in [5.41, 5.74) is 1.78. The van der Waals surface area contributed by atoms with Crippen LogP contribution in [0.25, 0.3) is 0 Å². The summed E-state index contributed by atoms with van der Waals surface area (Å²) in [7, 11) is 0. The van der Waals surface area contributed by atoms with E-state index in [0.29, 0.717) is 0 Å². The predicted octanol–water partition coefficient (Wildman–Crippen LogP) is 3.94. The Hall–Kier alpha value is -1.81. The number of aromatic nitrogens is 1. The quantitative estimate of drug-likeness (QED) is 0.847. The van der Waals surface area contributed by atoms with Crippen molar-refractivity contribution in [3.05, 3.63) is 54.2 Å². The summed E-state index contributed by atoms with van der Waals surface area (Å²) in [6.45, 7) is 2.02. The van der Waals surface area contributed by atoms with Gasteiger partial charge >= 0.3 is 0 Å². The van der Waals surface area contributed by atoms with E-state index < -0.39 is 0 Å². The first-order chi connectivity index (χ1) is 9.74. The number of benzene rings is 1. The van der Waals surface area contributed by atoms with Crippen molar-refractivity contribution < 1.29 is 4.79 Å². The molecular formula is C16H18N2OS. The average Bonchev–Trinajstić information content (AvgIpc) is 2.50. The van der Waals surface area contributed by atoms with Crippen LogP contribution in [0.1, 0.15) is 24.8 Å². The minimum absolute atomic E-state index is 0.0115. The van der Waals surface area contributed by atoms with Crippen LogP contribution in [0.15, 0.2) is 53.7 Å². The number of nitrogens with zero attached hydrogens (tertiary/aromatic N) is 1. The average molecular weight is 286 g/mol. The summed E-state index contributed by atoms with van der Waals surface area (Å²) in [6.07, 6.45) is 4.44. The summed E-state index contributed by atoms with van der Waals surface area (Å²) in [4.78, 5) is 16.6. The van der Waals surface area contributed by atoms with Gasteiger partial charge < -0.3 is 5.32 Å². The second-order valence-electron chi connectivity index (χ2n) is 4.45. The lowest BCUT2D eigenvalue weighted by atomic mass is 9.95. The highest BCUT2D eigenvalue weighted by Gasteiger charge is 2.18. The molecule has 1 aromatic carbocycles. The predicted molar refractivity (Wildman–Crippen MR) is 84.1 cm³/mol. The number of anilines is 1. The van der Waals surface area contributed by atoms with Crippen molar-refractivity contribution in [1.29, 1.82) is 0 Å². The Morgan fingerprint density at radius 1 is 1.25 bits per heavy atom. The van der Waals surface area contributed by atoms with Gasteiger partial charge in [-0.25, -0.2) is 4.98 Å². The van der Waals surface area contributed by atoms with Gasteiger partial charge in [-0.05, 0) is 30.4 Å². The molecule has 0 spiro atoms. The first-order valence-electron chi connectivity index (χ1n) is 6.60. The summed E-state index contributed by atoms with van der Waals surface area (Å²) < 4.78 is 0. The van der Waals surface area contributed by atoms with Gasteiger partial charge in [0.05, 0.1) is 22.8 Å². The molecule has 104 valence electrons. The van der Waals surface area contributed by atoms with E-state index in [1.54, 1.807) is 18.0 Å². The highest BCUT2D eigenvalue weighted by atomic mass is 32.2. The Bertz CT molecular complexity index is 554. The summed E-state index contributed by atoms with van der Waals surface area (Å²) in [6, 6.07) is 13.6. The molecule has 1 unspecified atom stereocenters. The van der Waals surface area contributed by atoms with Gasteiger partial charge in [-0.2, -0.15) is 0 Å². The minimum atomic E-state index is -0.128. The van der Waals surface area contributed by atoms with Crippen molar-refractivity contribution in [2.24, 2.45) is 0 Å². The smallest absolute Gasteiger partial charge is 0.231 e. The van der Waals surface area contributed by atoms with Crippen molar-refractivity contribution in [3.8, 4) is 0 Å². The van der Waals surface area contributed by atoms with E-state index >= 15 is 0 Å². The molecule has 2 aromatic rings. The second-order valence-corrected chi connectivity index (χ2v) is 5.28. The van der Waals surface area contributed by atoms with Crippen molar-refractivity contribution in [1.82, 2.24) is 4.98 Å². The third kappa shape index (κ3) is 3.61. The highest BCUT2D eigenvalue weighted by Crippen LogP contribution is 2.22. The lowest BCUT2D eigenvalue weighted by molar-refractivity contribution is -0.117. The Morgan fingerprint density at radius 3 is 2.55 bits per heavy atom. The zero-order valence-electron chi connectivity index (χ0n) is 11.7. The summed E-state index contributed by atoms with van der Waals surface area (Å²) in [5, 5.41) is 3.87. The first-order valence-corrected chi connectivity index (χ1v) is 7.83. The molecular weight excluding hydrogens is 268 g/mol. The number of pyridine rings is 1. The van der Waals surface area contributed by atoms with E-state index in [1.807, 2.05) is 55.6 Å². The van der Waals surface area contributed by atoms with E-state index in [1.165, 1.54) is 0 Å². The van der Waals surface area contributed by atoms with E-state index in [0.717, 1.165) is 22.7 Å². The van der Waals surface area contributed by atoms with Crippen LogP contribution in [0.5, 0.6) is 0 Å². The summed E-state index contributed by atoms with van der Waals surface area (Å²) in [5.74, 6) is -0.117. The maximum Gasteiger partial charge on any atom is 0.231 e. The van der Waals surface area contributed by atoms with Crippen LogP contribution >= 0.6 is 11.8 Å². The number of carbonyl (C=O) groups excluding carboxylic acids is 1. The van der Waals surface area contributed by atoms with Crippen molar-refractivity contribution in [2.75, 3.05) is 11.6 Å². The van der Waals surface area contributed by atoms with Gasteiger partial charge in [-0.3, -0.25) is 4.79 Å². The number of hydrogen-bond acceptors (Lipinski definition) is 3. The van der Waals surface area contributed by atoms with Crippen LogP contribution in [0.4, 0.5) is 5.69 Å². The van der Waals surface area contributed by atoms with Crippen molar-refractivity contribution in [3.63, 3.8) is 0 Å². The Labute approximate surface area is 123 Å². The molecule has 20 heavy (non-hydrogen) atoms. The fourth-order valence-electron chi connectivity index (χ4n) is 2.06. The van der Waals surface area contributed by atoms with E-state index in [9.17, 15) is 4.79 Å². The third-order valence-corrected chi connectivity index (χ3v) is 3.80. The molecule has 1 heterocycles. The van der Waals surface area contributed by atoms with Gasteiger partial charge in [0.1, 0.15) is 0 Å². The van der Waals surface area contributed by atoms with Gasteiger partial charge in [-0.15, -0.1) is 11.8 Å². The van der Waals surface area contributed by atoms with Gasteiger partial charge in [0.25, 0.3) is 0 Å². The lowest BCUT2D eigenvalue weighted by Gasteiger charge is -2.15. The largest absolute Gasteiger partial charge is 0.324 e. The standard InChI is InChI=1S/C16H18N2OS/c1-3-14(12-7-5-4-6-8-12)16(19)18-13-9-10-15(20-2)17-11-13/h4-11,14H,3H2,1-2H3,(H,18,19). The topological polar surface area (TPSA) is 42.0 Å².